The van der Waals surface area contributed by atoms with Crippen molar-refractivity contribution in [1.29, 1.82) is 0 Å². The molecular formula is C6H12N3Y-. The molecule has 0 aromatic carbocycles. The Labute approximate surface area is 87.1 Å². The summed E-state index contributed by atoms with van der Waals surface area (Å²) in [6.07, 6.45) is 2.62. The largest absolute Gasteiger partial charge is 0.418 e. The van der Waals surface area contributed by atoms with Gasteiger partial charge in [0, 0.05) is 39.8 Å². The summed E-state index contributed by atoms with van der Waals surface area (Å²) in [6.45, 7) is 5.83. The van der Waals surface area contributed by atoms with Gasteiger partial charge in [0.1, 0.15) is 0 Å². The first-order chi connectivity index (χ1) is 4.29. The molecule has 0 N–H and O–H groups in total. The summed E-state index contributed by atoms with van der Waals surface area (Å²) >= 11 is 0. The van der Waals surface area contributed by atoms with Crippen molar-refractivity contribution in [1.82, 2.24) is 14.8 Å². The fraction of sp³-hybridized carbons (Fsp3) is 0.667. The molecule has 10 heavy (non-hydrogen) atoms. The first kappa shape index (κ1) is 12.9. The standard InChI is InChI=1S/C4H6N3.C2H6.Y/c1-4-5-3-7(2)6-4;1-2;/h1-2H3;1-2H3;/q-1;;. The van der Waals surface area contributed by atoms with Crippen molar-refractivity contribution in [3.8, 4) is 0 Å². The minimum Gasteiger partial charge on any atom is -0.418 e. The SMILES string of the molecule is CC.Cc1n[c-]n(C)n1.[Y]. The quantitative estimate of drug-likeness (QED) is 0.603. The van der Waals surface area contributed by atoms with Gasteiger partial charge < -0.3 is 9.67 Å². The third-order valence-electron chi connectivity index (χ3n) is 0.651. The molecule has 0 aliphatic rings. The van der Waals surface area contributed by atoms with Gasteiger partial charge in [0.2, 0.25) is 0 Å². The fourth-order valence-corrected chi connectivity index (χ4v) is 0.407. The molecule has 0 saturated carbocycles. The topological polar surface area (TPSA) is 30.7 Å². The third kappa shape index (κ3) is 5.06. The Bertz CT molecular complexity index is 145. The van der Waals surface area contributed by atoms with Crippen molar-refractivity contribution < 1.29 is 32.7 Å². The van der Waals surface area contributed by atoms with Gasteiger partial charge in [-0.25, -0.2) is 0 Å². The average molecular weight is 215 g/mol. The van der Waals surface area contributed by atoms with Crippen LogP contribution in [0.15, 0.2) is 0 Å². The van der Waals surface area contributed by atoms with Gasteiger partial charge in [-0.2, -0.15) is 0 Å². The van der Waals surface area contributed by atoms with Crippen LogP contribution in [0.25, 0.3) is 0 Å². The monoisotopic (exact) mass is 215 g/mol. The Morgan fingerprint density at radius 1 is 1.40 bits per heavy atom. The van der Waals surface area contributed by atoms with E-state index in [1.54, 1.807) is 11.7 Å². The Balaban J connectivity index is 0. The fourth-order valence-electron chi connectivity index (χ4n) is 0.407. The summed E-state index contributed by atoms with van der Waals surface area (Å²) in [4.78, 5) is 3.74. The van der Waals surface area contributed by atoms with Crippen molar-refractivity contribution in [2.24, 2.45) is 7.05 Å². The minimum atomic E-state index is 0. The van der Waals surface area contributed by atoms with Crippen LogP contribution >= 0.6 is 0 Å². The molecule has 0 saturated heterocycles. The molecule has 1 heterocycles. The summed E-state index contributed by atoms with van der Waals surface area (Å²) in [7, 11) is 1.79. The van der Waals surface area contributed by atoms with Crippen molar-refractivity contribution in [3.05, 3.63) is 12.2 Å². The molecule has 0 aliphatic heterocycles. The van der Waals surface area contributed by atoms with Gasteiger partial charge in [-0.1, -0.05) is 20.8 Å². The number of aromatic nitrogens is 3. The van der Waals surface area contributed by atoms with E-state index in [1.807, 2.05) is 20.8 Å². The summed E-state index contributed by atoms with van der Waals surface area (Å²) in [6, 6.07) is 0. The predicted octanol–water partition coefficient (Wildman–Crippen LogP) is 0.947. The van der Waals surface area contributed by atoms with Gasteiger partial charge in [-0.05, 0) is 12.2 Å². The molecule has 0 spiro atoms. The van der Waals surface area contributed by atoms with Gasteiger partial charge in [-0.3, -0.25) is 5.10 Å². The van der Waals surface area contributed by atoms with Crippen LogP contribution in [0.4, 0.5) is 0 Å². The van der Waals surface area contributed by atoms with Crippen LogP contribution in [-0.2, 0) is 39.8 Å². The zero-order chi connectivity index (χ0) is 7.28. The van der Waals surface area contributed by atoms with Crippen LogP contribution < -0.4 is 0 Å². The van der Waals surface area contributed by atoms with E-state index in [1.165, 1.54) is 0 Å². The van der Waals surface area contributed by atoms with Crippen LogP contribution in [0, 0.1) is 13.3 Å². The molecule has 0 unspecified atom stereocenters. The minimum absolute atomic E-state index is 0. The van der Waals surface area contributed by atoms with E-state index in [0.29, 0.717) is 0 Å². The number of aryl methyl sites for hydroxylation is 2. The van der Waals surface area contributed by atoms with Gasteiger partial charge in [-0.15, -0.1) is 0 Å². The molecule has 0 bridgehead atoms. The van der Waals surface area contributed by atoms with Crippen molar-refractivity contribution in [2.75, 3.05) is 0 Å². The molecule has 0 atom stereocenters. The number of nitrogens with zero attached hydrogens (tertiary/aromatic N) is 3. The summed E-state index contributed by atoms with van der Waals surface area (Å²) in [5, 5.41) is 3.86. The number of rotatable bonds is 0. The zero-order valence-electron chi connectivity index (χ0n) is 6.92. The van der Waals surface area contributed by atoms with Gasteiger partial charge in [0.05, 0.1) is 0 Å². The Hall–Kier alpha value is 0.244. The first-order valence-electron chi connectivity index (χ1n) is 3.04. The van der Waals surface area contributed by atoms with Crippen molar-refractivity contribution in [3.63, 3.8) is 0 Å². The van der Waals surface area contributed by atoms with Crippen LogP contribution in [0.3, 0.4) is 0 Å². The predicted molar refractivity (Wildman–Crippen MR) is 35.9 cm³/mol. The maximum absolute atomic E-state index is 3.86. The average Bonchev–Trinajstić information content (AvgIpc) is 2.20. The molecule has 4 heteroatoms. The Morgan fingerprint density at radius 2 is 1.90 bits per heavy atom. The second-order valence-electron chi connectivity index (χ2n) is 1.38. The van der Waals surface area contributed by atoms with Crippen LogP contribution in [0.5, 0.6) is 0 Å². The number of hydrogen-bond donors (Lipinski definition) is 0. The van der Waals surface area contributed by atoms with E-state index >= 15 is 0 Å². The van der Waals surface area contributed by atoms with E-state index in [-0.39, 0.29) is 32.7 Å². The molecule has 0 aliphatic carbocycles. The van der Waals surface area contributed by atoms with Crippen LogP contribution in [0.2, 0.25) is 0 Å². The maximum Gasteiger partial charge on any atom is 0.00951 e. The summed E-state index contributed by atoms with van der Waals surface area (Å²) in [5.41, 5.74) is 0. The first-order valence-corrected chi connectivity index (χ1v) is 3.04. The molecule has 3 nitrogen and oxygen atoms in total. The Kier molecular flexibility index (Phi) is 9.47. The molecule has 55 valence electrons. The van der Waals surface area contributed by atoms with Crippen LogP contribution in [0.1, 0.15) is 19.7 Å². The Morgan fingerprint density at radius 3 is 2.00 bits per heavy atom. The van der Waals surface area contributed by atoms with E-state index in [2.05, 4.69) is 16.4 Å². The van der Waals surface area contributed by atoms with Crippen LogP contribution in [-0.4, -0.2) is 14.8 Å². The zero-order valence-corrected chi connectivity index (χ0v) is 9.76. The van der Waals surface area contributed by atoms with E-state index in [0.717, 1.165) is 5.82 Å². The normalized spacial score (nSPS) is 7.20. The van der Waals surface area contributed by atoms with Crippen molar-refractivity contribution >= 4 is 0 Å². The smallest absolute Gasteiger partial charge is 0.00951 e. The van der Waals surface area contributed by atoms with Gasteiger partial charge in [0.25, 0.3) is 0 Å². The molecular weight excluding hydrogens is 203 g/mol. The second kappa shape index (κ2) is 7.35. The van der Waals surface area contributed by atoms with Gasteiger partial charge in [0.15, 0.2) is 0 Å². The second-order valence-corrected chi connectivity index (χ2v) is 1.38. The van der Waals surface area contributed by atoms with E-state index in [4.69, 9.17) is 0 Å². The van der Waals surface area contributed by atoms with E-state index in [9.17, 15) is 0 Å². The molecule has 1 aromatic heterocycles. The van der Waals surface area contributed by atoms with Gasteiger partial charge >= 0.3 is 0 Å². The molecule has 0 fully saturated rings. The van der Waals surface area contributed by atoms with E-state index < -0.39 is 0 Å². The summed E-state index contributed by atoms with van der Waals surface area (Å²) in [5.74, 6) is 0.766. The third-order valence-corrected chi connectivity index (χ3v) is 0.651. The molecule has 1 rings (SSSR count). The molecule has 0 amide bonds. The maximum atomic E-state index is 3.86. The molecule has 1 aromatic rings. The summed E-state index contributed by atoms with van der Waals surface area (Å²) < 4.78 is 1.55. The van der Waals surface area contributed by atoms with Crippen molar-refractivity contribution in [2.45, 2.75) is 20.8 Å². The number of hydrogen-bond acceptors (Lipinski definition) is 2. The molecule has 1 radical (unpaired) electrons.